The van der Waals surface area contributed by atoms with Gasteiger partial charge in [-0.05, 0) is 30.2 Å². The van der Waals surface area contributed by atoms with Gasteiger partial charge >= 0.3 is 5.76 Å². The molecule has 3 aromatic rings. The van der Waals surface area contributed by atoms with Crippen LogP contribution >= 0.6 is 0 Å². The van der Waals surface area contributed by atoms with E-state index in [2.05, 4.69) is 5.32 Å². The van der Waals surface area contributed by atoms with Gasteiger partial charge in [-0.3, -0.25) is 9.36 Å². The Bertz CT molecular complexity index is 1070. The van der Waals surface area contributed by atoms with E-state index in [1.54, 1.807) is 18.2 Å². The van der Waals surface area contributed by atoms with Crippen LogP contribution in [-0.2, 0) is 6.54 Å². The van der Waals surface area contributed by atoms with Crippen molar-refractivity contribution in [1.29, 1.82) is 0 Å². The number of benzene rings is 2. The van der Waals surface area contributed by atoms with Gasteiger partial charge in [0.05, 0.1) is 26.8 Å². The molecule has 0 radical (unpaired) electrons. The van der Waals surface area contributed by atoms with Crippen molar-refractivity contribution >= 4 is 17.0 Å². The average molecular weight is 414 g/mol. The van der Waals surface area contributed by atoms with E-state index in [1.165, 1.54) is 25.9 Å². The van der Waals surface area contributed by atoms with E-state index in [4.69, 9.17) is 18.6 Å². The number of para-hydroxylation sites is 2. The Kier molecular flexibility index (Phi) is 6.34. The lowest BCUT2D eigenvalue weighted by Crippen LogP contribution is -2.42. The molecule has 160 valence electrons. The first-order valence-corrected chi connectivity index (χ1v) is 9.58. The number of fused-ring (bicyclic) bond motifs is 1. The summed E-state index contributed by atoms with van der Waals surface area (Å²) >= 11 is 0. The number of aromatic nitrogens is 1. The predicted octanol–water partition coefficient (Wildman–Crippen LogP) is 3.07. The van der Waals surface area contributed by atoms with Crippen molar-refractivity contribution < 1.29 is 23.4 Å². The molecular weight excluding hydrogens is 388 g/mol. The fourth-order valence-electron chi connectivity index (χ4n) is 3.27. The first kappa shape index (κ1) is 21.3. The minimum atomic E-state index is -0.455. The molecule has 1 heterocycles. The number of nitrogens with one attached hydrogen (secondary N) is 1. The molecule has 1 aromatic heterocycles. The second-order valence-electron chi connectivity index (χ2n) is 7.18. The van der Waals surface area contributed by atoms with Gasteiger partial charge in [0.1, 0.15) is 0 Å². The van der Waals surface area contributed by atoms with E-state index < -0.39 is 5.76 Å². The fraction of sp³-hybridized carbons (Fsp3) is 0.364. The average Bonchev–Trinajstić information content (AvgIpc) is 3.06. The number of hydrogen-bond donors (Lipinski definition) is 1. The van der Waals surface area contributed by atoms with Crippen molar-refractivity contribution in [2.24, 2.45) is 5.92 Å². The van der Waals surface area contributed by atoms with E-state index in [9.17, 15) is 9.59 Å². The third kappa shape index (κ3) is 4.12. The summed E-state index contributed by atoms with van der Waals surface area (Å²) in [6.45, 7) is 4.24. The predicted molar refractivity (Wildman–Crippen MR) is 113 cm³/mol. The summed E-state index contributed by atoms with van der Waals surface area (Å²) in [5.41, 5.74) is 1.57. The monoisotopic (exact) mass is 414 g/mol. The number of ether oxygens (including phenoxy) is 3. The molecule has 0 aliphatic heterocycles. The Morgan fingerprint density at radius 3 is 2.27 bits per heavy atom. The van der Waals surface area contributed by atoms with Crippen LogP contribution in [0.1, 0.15) is 24.2 Å². The number of nitrogens with zero attached hydrogens (tertiary/aromatic N) is 1. The first-order chi connectivity index (χ1) is 14.4. The van der Waals surface area contributed by atoms with Crippen LogP contribution in [0.5, 0.6) is 17.2 Å². The van der Waals surface area contributed by atoms with Gasteiger partial charge in [-0.15, -0.1) is 0 Å². The summed E-state index contributed by atoms with van der Waals surface area (Å²) in [6.07, 6.45) is 0. The molecule has 8 nitrogen and oxygen atoms in total. The molecule has 3 rings (SSSR count). The Hall–Kier alpha value is -3.42. The smallest absolute Gasteiger partial charge is 0.420 e. The fourth-order valence-corrected chi connectivity index (χ4v) is 3.27. The topological polar surface area (TPSA) is 91.9 Å². The third-order valence-electron chi connectivity index (χ3n) is 5.00. The Morgan fingerprint density at radius 1 is 1.07 bits per heavy atom. The summed E-state index contributed by atoms with van der Waals surface area (Å²) in [5.74, 6) is 0.489. The van der Waals surface area contributed by atoms with Gasteiger partial charge in [0.2, 0.25) is 5.75 Å². The molecular formula is C22H26N2O6. The van der Waals surface area contributed by atoms with Gasteiger partial charge in [0.15, 0.2) is 17.1 Å². The molecule has 0 fully saturated rings. The van der Waals surface area contributed by atoms with E-state index in [1.807, 2.05) is 32.0 Å². The van der Waals surface area contributed by atoms with E-state index in [0.29, 0.717) is 33.9 Å². The number of hydrogen-bond acceptors (Lipinski definition) is 6. The number of carbonyl (C=O) groups excluding carboxylic acids is 1. The molecule has 8 heteroatoms. The number of rotatable bonds is 8. The van der Waals surface area contributed by atoms with Crippen molar-refractivity contribution in [3.05, 3.63) is 52.5 Å². The zero-order chi connectivity index (χ0) is 21.8. The van der Waals surface area contributed by atoms with Crippen molar-refractivity contribution in [2.45, 2.75) is 26.4 Å². The molecule has 0 spiro atoms. The maximum Gasteiger partial charge on any atom is 0.420 e. The van der Waals surface area contributed by atoms with Crippen LogP contribution in [0.2, 0.25) is 0 Å². The van der Waals surface area contributed by atoms with Crippen LogP contribution in [0.4, 0.5) is 0 Å². The van der Waals surface area contributed by atoms with E-state index >= 15 is 0 Å². The van der Waals surface area contributed by atoms with Gasteiger partial charge in [0.25, 0.3) is 5.91 Å². The zero-order valence-electron chi connectivity index (χ0n) is 17.7. The molecule has 1 N–H and O–H groups in total. The van der Waals surface area contributed by atoms with Crippen LogP contribution in [-0.4, -0.2) is 37.8 Å². The van der Waals surface area contributed by atoms with Gasteiger partial charge in [-0.1, -0.05) is 26.0 Å². The van der Waals surface area contributed by atoms with E-state index in [-0.39, 0.29) is 24.4 Å². The van der Waals surface area contributed by atoms with Crippen LogP contribution in [0.15, 0.2) is 45.6 Å². The highest BCUT2D eigenvalue weighted by Crippen LogP contribution is 2.38. The Labute approximate surface area is 174 Å². The van der Waals surface area contributed by atoms with Gasteiger partial charge in [-0.25, -0.2) is 4.79 Å². The Balaban J connectivity index is 1.89. The number of amides is 1. The highest BCUT2D eigenvalue weighted by molar-refractivity contribution is 5.95. The maximum atomic E-state index is 13.0. The number of methoxy groups -OCH3 is 3. The van der Waals surface area contributed by atoms with Crippen LogP contribution < -0.4 is 25.3 Å². The summed E-state index contributed by atoms with van der Waals surface area (Å²) in [4.78, 5) is 25.3. The molecule has 1 atom stereocenters. The molecule has 2 aromatic carbocycles. The number of oxazole rings is 1. The third-order valence-corrected chi connectivity index (χ3v) is 5.00. The van der Waals surface area contributed by atoms with Crippen molar-refractivity contribution in [2.75, 3.05) is 21.3 Å². The zero-order valence-corrected chi connectivity index (χ0v) is 17.7. The number of carbonyl (C=O) groups is 1. The summed E-state index contributed by atoms with van der Waals surface area (Å²) < 4.78 is 22.8. The lowest BCUT2D eigenvalue weighted by atomic mass is 10.0. The lowest BCUT2D eigenvalue weighted by molar-refractivity contribution is 0.0919. The van der Waals surface area contributed by atoms with Crippen LogP contribution in [0, 0.1) is 5.92 Å². The summed E-state index contributed by atoms with van der Waals surface area (Å²) in [5, 5.41) is 3.01. The molecule has 0 aliphatic carbocycles. The van der Waals surface area contributed by atoms with Crippen molar-refractivity contribution in [1.82, 2.24) is 9.88 Å². The first-order valence-electron chi connectivity index (χ1n) is 9.58. The summed E-state index contributed by atoms with van der Waals surface area (Å²) in [7, 11) is 4.49. The van der Waals surface area contributed by atoms with E-state index in [0.717, 1.165) is 0 Å². The van der Waals surface area contributed by atoms with Crippen LogP contribution in [0.25, 0.3) is 11.1 Å². The highest BCUT2D eigenvalue weighted by Gasteiger charge is 2.23. The van der Waals surface area contributed by atoms with Crippen molar-refractivity contribution in [3.8, 4) is 17.2 Å². The molecule has 1 amide bonds. The minimum absolute atomic E-state index is 0.0663. The second-order valence-corrected chi connectivity index (χ2v) is 7.18. The van der Waals surface area contributed by atoms with Gasteiger partial charge < -0.3 is 23.9 Å². The highest BCUT2D eigenvalue weighted by atomic mass is 16.5. The molecule has 30 heavy (non-hydrogen) atoms. The molecule has 0 saturated heterocycles. The van der Waals surface area contributed by atoms with Gasteiger partial charge in [0, 0.05) is 18.2 Å². The standard InChI is InChI=1S/C22H26N2O6/c1-13(2)15(12-24-16-8-6-7-9-17(16)30-22(24)26)23-21(25)14-10-18(27-3)20(29-5)19(11-14)28-4/h6-11,13,15H,12H2,1-5H3,(H,23,25)/t15-/m0/s1. The normalized spacial score (nSPS) is 12.1. The van der Waals surface area contributed by atoms with Crippen molar-refractivity contribution in [3.63, 3.8) is 0 Å². The quantitative estimate of drug-likeness (QED) is 0.609. The molecule has 0 saturated carbocycles. The Morgan fingerprint density at radius 2 is 1.70 bits per heavy atom. The van der Waals surface area contributed by atoms with Crippen LogP contribution in [0.3, 0.4) is 0 Å². The maximum absolute atomic E-state index is 13.0. The molecule has 0 bridgehead atoms. The lowest BCUT2D eigenvalue weighted by Gasteiger charge is -2.23. The largest absolute Gasteiger partial charge is 0.493 e. The molecule has 0 aliphatic rings. The molecule has 0 unspecified atom stereocenters. The summed E-state index contributed by atoms with van der Waals surface area (Å²) in [6, 6.07) is 10.1. The minimum Gasteiger partial charge on any atom is -0.493 e. The second kappa shape index (κ2) is 8.94. The van der Waals surface area contributed by atoms with Gasteiger partial charge in [-0.2, -0.15) is 0 Å². The SMILES string of the molecule is COc1cc(C(=O)N[C@@H](Cn2c(=O)oc3ccccc32)C(C)C)cc(OC)c1OC.